The van der Waals surface area contributed by atoms with Crippen LogP contribution in [0.25, 0.3) is 17.2 Å². The molecule has 22 heavy (non-hydrogen) atoms. The van der Waals surface area contributed by atoms with Crippen LogP contribution in [-0.2, 0) is 0 Å². The number of hydrogen-bond donors (Lipinski definition) is 0. The van der Waals surface area contributed by atoms with Gasteiger partial charge in [0.15, 0.2) is 16.6 Å². The Labute approximate surface area is 129 Å². The van der Waals surface area contributed by atoms with E-state index < -0.39 is 0 Å². The van der Waals surface area contributed by atoms with E-state index in [0.717, 1.165) is 10.8 Å². The van der Waals surface area contributed by atoms with Gasteiger partial charge in [0, 0.05) is 6.20 Å². The summed E-state index contributed by atoms with van der Waals surface area (Å²) in [5.41, 5.74) is 0.805. The highest BCUT2D eigenvalue weighted by molar-refractivity contribution is 7.99. The number of fused-ring (bicyclic) bond motifs is 1. The third-order valence-corrected chi connectivity index (χ3v) is 4.14. The maximum atomic E-state index is 5.31. The van der Waals surface area contributed by atoms with E-state index in [1.54, 1.807) is 18.4 Å². The van der Waals surface area contributed by atoms with Gasteiger partial charge in [-0.15, -0.1) is 10.2 Å². The summed E-state index contributed by atoms with van der Waals surface area (Å²) >= 11 is 1.51. The molecule has 0 saturated carbocycles. The van der Waals surface area contributed by atoms with Crippen molar-refractivity contribution in [1.29, 1.82) is 0 Å². The summed E-state index contributed by atoms with van der Waals surface area (Å²) in [6, 6.07) is 9.34. The maximum absolute atomic E-state index is 5.31. The molecule has 0 aliphatic carbocycles. The summed E-state index contributed by atoms with van der Waals surface area (Å²) in [6.07, 6.45) is 3.50. The fourth-order valence-corrected chi connectivity index (χ4v) is 2.88. The molecular formula is C14H11N5O2S. The minimum Gasteiger partial charge on any atom is -0.461 e. The number of pyridine rings is 1. The summed E-state index contributed by atoms with van der Waals surface area (Å²) in [5.74, 6) is 1.54. The van der Waals surface area contributed by atoms with Crippen molar-refractivity contribution in [3.05, 3.63) is 48.7 Å². The van der Waals surface area contributed by atoms with Crippen LogP contribution in [0.2, 0.25) is 0 Å². The lowest BCUT2D eigenvalue weighted by Gasteiger charge is -2.03. The monoisotopic (exact) mass is 313 g/mol. The quantitative estimate of drug-likeness (QED) is 0.535. The Morgan fingerprint density at radius 1 is 1.18 bits per heavy atom. The molecule has 0 aliphatic rings. The Morgan fingerprint density at radius 2 is 2.14 bits per heavy atom. The number of thioether (sulfide) groups is 1. The van der Waals surface area contributed by atoms with Crippen molar-refractivity contribution in [2.45, 2.75) is 17.3 Å². The molecule has 110 valence electrons. The Balaban J connectivity index is 1.58. The van der Waals surface area contributed by atoms with Crippen molar-refractivity contribution in [2.24, 2.45) is 0 Å². The fraction of sp³-hybridized carbons (Fsp3) is 0.143. The van der Waals surface area contributed by atoms with Crippen molar-refractivity contribution in [1.82, 2.24) is 24.7 Å². The predicted octanol–water partition coefficient (Wildman–Crippen LogP) is 3.23. The number of nitrogens with zero attached hydrogens (tertiary/aromatic N) is 5. The van der Waals surface area contributed by atoms with Crippen LogP contribution in [0.5, 0.6) is 0 Å². The number of rotatable bonds is 4. The molecule has 0 aromatic carbocycles. The van der Waals surface area contributed by atoms with Crippen LogP contribution in [0, 0.1) is 0 Å². The zero-order valence-corrected chi connectivity index (χ0v) is 12.4. The standard InChI is InChI=1S/C14H11N5O2S/c1-9(13-15-12(18-21-13)10-5-4-8-20-10)22-14-17-16-11-6-2-3-7-19(11)14/h2-9H,1H3/t9-/m1/s1. The van der Waals surface area contributed by atoms with Gasteiger partial charge < -0.3 is 8.94 Å². The van der Waals surface area contributed by atoms with Gasteiger partial charge in [0.05, 0.1) is 11.5 Å². The van der Waals surface area contributed by atoms with Crippen LogP contribution in [-0.4, -0.2) is 24.7 Å². The molecule has 4 heterocycles. The number of aromatic nitrogens is 5. The molecule has 0 N–H and O–H groups in total. The van der Waals surface area contributed by atoms with Crippen LogP contribution in [0.4, 0.5) is 0 Å². The second-order valence-corrected chi connectivity index (χ2v) is 5.91. The summed E-state index contributed by atoms with van der Waals surface area (Å²) in [4.78, 5) is 4.36. The predicted molar refractivity (Wildman–Crippen MR) is 79.3 cm³/mol. The molecule has 7 nitrogen and oxygen atoms in total. The summed E-state index contributed by atoms with van der Waals surface area (Å²) in [6.45, 7) is 1.98. The van der Waals surface area contributed by atoms with Crippen LogP contribution >= 0.6 is 11.8 Å². The molecule has 0 amide bonds. The van der Waals surface area contributed by atoms with E-state index in [2.05, 4.69) is 20.3 Å². The van der Waals surface area contributed by atoms with Gasteiger partial charge in [-0.1, -0.05) is 23.0 Å². The first kappa shape index (κ1) is 13.1. The molecule has 1 atom stereocenters. The summed E-state index contributed by atoms with van der Waals surface area (Å²) in [7, 11) is 0. The van der Waals surface area contributed by atoms with Gasteiger partial charge in [0.25, 0.3) is 0 Å². The van der Waals surface area contributed by atoms with E-state index in [9.17, 15) is 0 Å². The minimum atomic E-state index is -0.0520. The average molecular weight is 313 g/mol. The Hall–Kier alpha value is -2.61. The molecule has 8 heteroatoms. The lowest BCUT2D eigenvalue weighted by molar-refractivity contribution is 0.379. The molecule has 0 unspecified atom stereocenters. The van der Waals surface area contributed by atoms with Gasteiger partial charge in [-0.05, 0) is 31.2 Å². The topological polar surface area (TPSA) is 82.2 Å². The highest BCUT2D eigenvalue weighted by atomic mass is 32.2. The maximum Gasteiger partial charge on any atom is 0.240 e. The lowest BCUT2D eigenvalue weighted by Crippen LogP contribution is -1.92. The van der Waals surface area contributed by atoms with Gasteiger partial charge in [-0.2, -0.15) is 4.98 Å². The molecule has 0 bridgehead atoms. The fourth-order valence-electron chi connectivity index (χ4n) is 2.01. The molecule has 0 saturated heterocycles. The van der Waals surface area contributed by atoms with Crippen molar-refractivity contribution < 1.29 is 8.94 Å². The smallest absolute Gasteiger partial charge is 0.240 e. The molecule has 4 rings (SSSR count). The van der Waals surface area contributed by atoms with E-state index >= 15 is 0 Å². The number of furan rings is 1. The molecule has 0 spiro atoms. The lowest BCUT2D eigenvalue weighted by atomic mass is 10.4. The summed E-state index contributed by atoms with van der Waals surface area (Å²) < 4.78 is 12.5. The van der Waals surface area contributed by atoms with E-state index in [4.69, 9.17) is 8.94 Å². The molecule has 0 aliphatic heterocycles. The van der Waals surface area contributed by atoms with E-state index in [-0.39, 0.29) is 5.25 Å². The van der Waals surface area contributed by atoms with Crippen LogP contribution in [0.15, 0.2) is 56.9 Å². The SMILES string of the molecule is C[C@@H](Sc1nnc2ccccn12)c1nc(-c2ccco2)no1. The highest BCUT2D eigenvalue weighted by Gasteiger charge is 2.19. The first-order valence-corrected chi connectivity index (χ1v) is 7.53. The molecular weight excluding hydrogens is 302 g/mol. The molecule has 4 aromatic rings. The second-order valence-electron chi connectivity index (χ2n) is 4.61. The first-order valence-electron chi connectivity index (χ1n) is 6.65. The average Bonchev–Trinajstić information content (AvgIpc) is 3.28. The summed E-state index contributed by atoms with van der Waals surface area (Å²) in [5, 5.41) is 13.0. The normalized spacial score (nSPS) is 12.8. The Bertz CT molecular complexity index is 899. The largest absolute Gasteiger partial charge is 0.461 e. The van der Waals surface area contributed by atoms with E-state index in [1.807, 2.05) is 35.7 Å². The Kier molecular flexibility index (Phi) is 3.15. The van der Waals surface area contributed by atoms with Crippen LogP contribution < -0.4 is 0 Å². The first-order chi connectivity index (χ1) is 10.8. The van der Waals surface area contributed by atoms with Gasteiger partial charge >= 0.3 is 0 Å². The van der Waals surface area contributed by atoms with Gasteiger partial charge in [0.2, 0.25) is 11.7 Å². The molecule has 0 fully saturated rings. The minimum absolute atomic E-state index is 0.0520. The molecule has 0 radical (unpaired) electrons. The zero-order valence-electron chi connectivity index (χ0n) is 11.6. The van der Waals surface area contributed by atoms with Gasteiger partial charge in [0.1, 0.15) is 0 Å². The van der Waals surface area contributed by atoms with Crippen molar-refractivity contribution in [2.75, 3.05) is 0 Å². The third kappa shape index (κ3) is 2.27. The van der Waals surface area contributed by atoms with Gasteiger partial charge in [-0.25, -0.2) is 0 Å². The van der Waals surface area contributed by atoms with Crippen molar-refractivity contribution in [3.8, 4) is 11.6 Å². The highest BCUT2D eigenvalue weighted by Crippen LogP contribution is 2.33. The van der Waals surface area contributed by atoms with Crippen molar-refractivity contribution >= 4 is 17.4 Å². The molecule has 4 aromatic heterocycles. The van der Waals surface area contributed by atoms with E-state index in [0.29, 0.717) is 17.5 Å². The van der Waals surface area contributed by atoms with Crippen LogP contribution in [0.3, 0.4) is 0 Å². The Morgan fingerprint density at radius 3 is 3.00 bits per heavy atom. The second kappa shape index (κ2) is 5.30. The van der Waals surface area contributed by atoms with Crippen molar-refractivity contribution in [3.63, 3.8) is 0 Å². The van der Waals surface area contributed by atoms with E-state index in [1.165, 1.54) is 11.8 Å². The van der Waals surface area contributed by atoms with Crippen LogP contribution in [0.1, 0.15) is 18.1 Å². The van der Waals surface area contributed by atoms with Gasteiger partial charge in [-0.3, -0.25) is 4.40 Å². The third-order valence-electron chi connectivity index (χ3n) is 3.10. The zero-order chi connectivity index (χ0) is 14.9. The number of hydrogen-bond acceptors (Lipinski definition) is 7.